The van der Waals surface area contributed by atoms with Crippen LogP contribution in [0.1, 0.15) is 39.5 Å². The second-order valence-electron chi connectivity index (χ2n) is 2.96. The molecule has 0 heterocycles. The van der Waals surface area contributed by atoms with Crippen molar-refractivity contribution in [1.82, 2.24) is 0 Å². The van der Waals surface area contributed by atoms with Crippen LogP contribution in [0.25, 0.3) is 0 Å². The predicted octanol–water partition coefficient (Wildman–Crippen LogP) is 1.32. The Labute approximate surface area is 74.7 Å². The Balaban J connectivity index is 4.01. The molecule has 0 saturated carbocycles. The highest BCUT2D eigenvalue weighted by Crippen LogP contribution is 2.08. The van der Waals surface area contributed by atoms with Crippen molar-refractivity contribution in [3.05, 3.63) is 0 Å². The zero-order chi connectivity index (χ0) is 9.61. The molecule has 0 aliphatic heterocycles. The molecule has 0 fully saturated rings. The molecule has 12 heavy (non-hydrogen) atoms. The molecule has 1 atom stereocenters. The van der Waals surface area contributed by atoms with Crippen molar-refractivity contribution in [2.75, 3.05) is 5.75 Å². The van der Waals surface area contributed by atoms with Gasteiger partial charge in [0.25, 0.3) is 0 Å². The fourth-order valence-corrected chi connectivity index (χ4v) is 2.47. The monoisotopic (exact) mass is 194 g/mol. The van der Waals surface area contributed by atoms with Gasteiger partial charge in [0, 0.05) is 0 Å². The summed E-state index contributed by atoms with van der Waals surface area (Å²) >= 11 is 0. The van der Waals surface area contributed by atoms with Gasteiger partial charge in [-0.05, 0) is 12.8 Å². The van der Waals surface area contributed by atoms with Crippen molar-refractivity contribution in [2.45, 2.75) is 45.0 Å². The van der Waals surface area contributed by atoms with E-state index in [-0.39, 0.29) is 5.75 Å². The lowest BCUT2D eigenvalue weighted by molar-refractivity contribution is 0.237. The highest BCUT2D eigenvalue weighted by Gasteiger charge is 2.20. The van der Waals surface area contributed by atoms with Gasteiger partial charge in [0.15, 0.2) is 15.3 Å². The molecule has 4 heteroatoms. The molecule has 0 saturated heterocycles. The van der Waals surface area contributed by atoms with E-state index in [1.165, 1.54) is 0 Å². The molecule has 1 unspecified atom stereocenters. The normalized spacial score (nSPS) is 14.6. The SMILES string of the molecule is CCCCS(=O)(=O)C(O)CCC. The number of sulfone groups is 1. The molecule has 0 bridgehead atoms. The van der Waals surface area contributed by atoms with Gasteiger partial charge in [-0.1, -0.05) is 26.7 Å². The van der Waals surface area contributed by atoms with Crippen LogP contribution in [-0.2, 0) is 9.84 Å². The molecule has 1 N–H and O–H groups in total. The van der Waals surface area contributed by atoms with E-state index in [1.54, 1.807) is 0 Å². The smallest absolute Gasteiger partial charge is 0.176 e. The molecule has 0 aliphatic carbocycles. The van der Waals surface area contributed by atoms with E-state index in [2.05, 4.69) is 0 Å². The first kappa shape index (κ1) is 11.9. The largest absolute Gasteiger partial charge is 0.377 e. The summed E-state index contributed by atoms with van der Waals surface area (Å²) in [6.07, 6.45) is 2.54. The predicted molar refractivity (Wildman–Crippen MR) is 49.6 cm³/mol. The first-order chi connectivity index (χ1) is 5.54. The summed E-state index contributed by atoms with van der Waals surface area (Å²) in [5, 5.41) is 9.22. The van der Waals surface area contributed by atoms with Gasteiger partial charge < -0.3 is 5.11 Å². The van der Waals surface area contributed by atoms with Gasteiger partial charge in [-0.25, -0.2) is 8.42 Å². The average Bonchev–Trinajstić information content (AvgIpc) is 2.01. The molecule has 0 rings (SSSR count). The van der Waals surface area contributed by atoms with Gasteiger partial charge in [-0.3, -0.25) is 0 Å². The summed E-state index contributed by atoms with van der Waals surface area (Å²) < 4.78 is 22.5. The molecule has 0 amide bonds. The highest BCUT2D eigenvalue weighted by molar-refractivity contribution is 7.91. The second kappa shape index (κ2) is 5.54. The Morgan fingerprint density at radius 3 is 2.25 bits per heavy atom. The maximum absolute atomic E-state index is 11.2. The maximum Gasteiger partial charge on any atom is 0.176 e. The van der Waals surface area contributed by atoms with E-state index in [1.807, 2.05) is 13.8 Å². The minimum Gasteiger partial charge on any atom is -0.377 e. The van der Waals surface area contributed by atoms with Gasteiger partial charge in [-0.15, -0.1) is 0 Å². The van der Waals surface area contributed by atoms with Crippen LogP contribution in [-0.4, -0.2) is 24.7 Å². The van der Waals surface area contributed by atoms with Crippen LogP contribution in [0.4, 0.5) is 0 Å². The van der Waals surface area contributed by atoms with Crippen LogP contribution in [0.3, 0.4) is 0 Å². The summed E-state index contributed by atoms with van der Waals surface area (Å²) in [5.74, 6) is 0.116. The van der Waals surface area contributed by atoms with Crippen molar-refractivity contribution in [1.29, 1.82) is 0 Å². The number of rotatable bonds is 6. The van der Waals surface area contributed by atoms with E-state index in [4.69, 9.17) is 0 Å². The Morgan fingerprint density at radius 1 is 1.25 bits per heavy atom. The molecule has 74 valence electrons. The quantitative estimate of drug-likeness (QED) is 0.694. The standard InChI is InChI=1S/C8H18O3S/c1-3-5-7-12(10,11)8(9)6-4-2/h8-9H,3-7H2,1-2H3. The zero-order valence-corrected chi connectivity index (χ0v) is 8.60. The fourth-order valence-electron chi connectivity index (χ4n) is 0.908. The average molecular weight is 194 g/mol. The fraction of sp³-hybridized carbons (Fsp3) is 1.00. The van der Waals surface area contributed by atoms with E-state index < -0.39 is 15.3 Å². The topological polar surface area (TPSA) is 54.4 Å². The van der Waals surface area contributed by atoms with Crippen LogP contribution in [0.5, 0.6) is 0 Å². The summed E-state index contributed by atoms with van der Waals surface area (Å²) in [6.45, 7) is 3.79. The third-order valence-electron chi connectivity index (χ3n) is 1.73. The Bertz CT molecular complexity index is 196. The Hall–Kier alpha value is -0.0900. The van der Waals surface area contributed by atoms with E-state index in [0.29, 0.717) is 19.3 Å². The zero-order valence-electron chi connectivity index (χ0n) is 7.78. The van der Waals surface area contributed by atoms with Crippen molar-refractivity contribution in [2.24, 2.45) is 0 Å². The molecule has 0 aromatic carbocycles. The van der Waals surface area contributed by atoms with Crippen molar-refractivity contribution < 1.29 is 13.5 Å². The molecular formula is C8H18O3S. The number of aliphatic hydroxyl groups is 1. The van der Waals surface area contributed by atoms with Crippen LogP contribution >= 0.6 is 0 Å². The minimum atomic E-state index is -3.23. The van der Waals surface area contributed by atoms with Gasteiger partial charge in [0.05, 0.1) is 5.75 Å². The molecule has 0 radical (unpaired) electrons. The molecule has 0 aromatic heterocycles. The Morgan fingerprint density at radius 2 is 1.83 bits per heavy atom. The second-order valence-corrected chi connectivity index (χ2v) is 5.24. The van der Waals surface area contributed by atoms with Gasteiger partial charge in [0.1, 0.15) is 0 Å². The van der Waals surface area contributed by atoms with E-state index in [0.717, 1.165) is 6.42 Å². The summed E-state index contributed by atoms with van der Waals surface area (Å²) in [5.41, 5.74) is -1.14. The highest BCUT2D eigenvalue weighted by atomic mass is 32.2. The molecule has 0 aromatic rings. The lowest BCUT2D eigenvalue weighted by Crippen LogP contribution is -2.23. The van der Waals surface area contributed by atoms with Gasteiger partial charge in [0.2, 0.25) is 0 Å². The van der Waals surface area contributed by atoms with Crippen molar-refractivity contribution >= 4 is 9.84 Å². The minimum absolute atomic E-state index is 0.116. The first-order valence-electron chi connectivity index (χ1n) is 4.44. The van der Waals surface area contributed by atoms with Gasteiger partial charge in [-0.2, -0.15) is 0 Å². The molecule has 0 spiro atoms. The van der Waals surface area contributed by atoms with Gasteiger partial charge >= 0.3 is 0 Å². The lowest BCUT2D eigenvalue weighted by atomic mass is 10.4. The third-order valence-corrected chi connectivity index (χ3v) is 3.66. The lowest BCUT2D eigenvalue weighted by Gasteiger charge is -2.09. The first-order valence-corrected chi connectivity index (χ1v) is 6.15. The number of unbranched alkanes of at least 4 members (excludes halogenated alkanes) is 1. The number of aliphatic hydroxyl groups excluding tert-OH is 1. The van der Waals surface area contributed by atoms with Crippen LogP contribution in [0, 0.1) is 0 Å². The van der Waals surface area contributed by atoms with E-state index >= 15 is 0 Å². The molecule has 3 nitrogen and oxygen atoms in total. The molecule has 0 aliphatic rings. The van der Waals surface area contributed by atoms with Crippen molar-refractivity contribution in [3.8, 4) is 0 Å². The van der Waals surface area contributed by atoms with Crippen LogP contribution in [0.2, 0.25) is 0 Å². The summed E-state index contributed by atoms with van der Waals surface area (Å²) in [7, 11) is -3.23. The Kier molecular flexibility index (Phi) is 5.50. The maximum atomic E-state index is 11.2. The van der Waals surface area contributed by atoms with Crippen LogP contribution in [0.15, 0.2) is 0 Å². The third kappa shape index (κ3) is 4.07. The summed E-state index contributed by atoms with van der Waals surface area (Å²) in [6, 6.07) is 0. The van der Waals surface area contributed by atoms with Crippen LogP contribution < -0.4 is 0 Å². The molecular weight excluding hydrogens is 176 g/mol. The summed E-state index contributed by atoms with van der Waals surface area (Å²) in [4.78, 5) is 0. The number of hydrogen-bond acceptors (Lipinski definition) is 3. The van der Waals surface area contributed by atoms with E-state index in [9.17, 15) is 13.5 Å². The number of hydrogen-bond donors (Lipinski definition) is 1. The van der Waals surface area contributed by atoms with Crippen molar-refractivity contribution in [3.63, 3.8) is 0 Å².